The summed E-state index contributed by atoms with van der Waals surface area (Å²) >= 11 is 0. The Kier molecular flexibility index (Phi) is 2.99. The highest BCUT2D eigenvalue weighted by Crippen LogP contribution is 2.36. The van der Waals surface area contributed by atoms with Crippen molar-refractivity contribution >= 4 is 5.91 Å². The van der Waals surface area contributed by atoms with Gasteiger partial charge in [0.1, 0.15) is 0 Å². The normalized spacial score (nSPS) is 33.9. The molecule has 76 valence electrons. The molecule has 0 radical (unpaired) electrons. The van der Waals surface area contributed by atoms with Gasteiger partial charge in [-0.05, 0) is 24.7 Å². The standard InChI is InChI=1S/C11H21NO/c1-8(2)5-6-11(4)7-10(13)12-9(11)3/h8-9H,5-7H2,1-4H3,(H,12,13). The van der Waals surface area contributed by atoms with Gasteiger partial charge in [0.25, 0.3) is 0 Å². The molecule has 1 amide bonds. The predicted octanol–water partition coefficient (Wildman–Crippen LogP) is 2.34. The van der Waals surface area contributed by atoms with Gasteiger partial charge in [-0.1, -0.05) is 27.2 Å². The first-order valence-electron chi connectivity index (χ1n) is 5.23. The van der Waals surface area contributed by atoms with E-state index in [4.69, 9.17) is 0 Å². The fraction of sp³-hybridized carbons (Fsp3) is 0.909. The van der Waals surface area contributed by atoms with Gasteiger partial charge >= 0.3 is 0 Å². The van der Waals surface area contributed by atoms with Crippen molar-refractivity contribution < 1.29 is 4.79 Å². The lowest BCUT2D eigenvalue weighted by Crippen LogP contribution is -2.32. The Morgan fingerprint density at radius 3 is 2.62 bits per heavy atom. The molecule has 0 aromatic carbocycles. The molecule has 2 atom stereocenters. The first kappa shape index (κ1) is 10.6. The predicted molar refractivity (Wildman–Crippen MR) is 54.4 cm³/mol. The fourth-order valence-corrected chi connectivity index (χ4v) is 1.91. The maximum atomic E-state index is 11.2. The van der Waals surface area contributed by atoms with Gasteiger partial charge < -0.3 is 5.32 Å². The van der Waals surface area contributed by atoms with Gasteiger partial charge in [0, 0.05) is 12.5 Å². The van der Waals surface area contributed by atoms with Crippen molar-refractivity contribution in [3.8, 4) is 0 Å². The first-order valence-corrected chi connectivity index (χ1v) is 5.23. The van der Waals surface area contributed by atoms with Crippen LogP contribution in [0.25, 0.3) is 0 Å². The van der Waals surface area contributed by atoms with Crippen molar-refractivity contribution in [3.05, 3.63) is 0 Å². The molecule has 1 aliphatic heterocycles. The Morgan fingerprint density at radius 2 is 2.23 bits per heavy atom. The molecule has 1 heterocycles. The van der Waals surface area contributed by atoms with Crippen LogP contribution in [0.5, 0.6) is 0 Å². The molecule has 1 rings (SSSR count). The molecule has 1 saturated heterocycles. The minimum atomic E-state index is 0.196. The van der Waals surface area contributed by atoms with Crippen molar-refractivity contribution in [2.24, 2.45) is 11.3 Å². The van der Waals surface area contributed by atoms with Gasteiger partial charge in [-0.3, -0.25) is 4.79 Å². The van der Waals surface area contributed by atoms with Crippen LogP contribution in [0.15, 0.2) is 0 Å². The molecule has 13 heavy (non-hydrogen) atoms. The smallest absolute Gasteiger partial charge is 0.220 e. The zero-order valence-electron chi connectivity index (χ0n) is 9.18. The van der Waals surface area contributed by atoms with Crippen LogP contribution in [-0.4, -0.2) is 11.9 Å². The van der Waals surface area contributed by atoms with Crippen LogP contribution >= 0.6 is 0 Å². The molecule has 0 aromatic heterocycles. The van der Waals surface area contributed by atoms with E-state index in [2.05, 4.69) is 33.0 Å². The molecule has 1 fully saturated rings. The average molecular weight is 183 g/mol. The Morgan fingerprint density at radius 1 is 1.62 bits per heavy atom. The molecule has 2 heteroatoms. The van der Waals surface area contributed by atoms with Crippen LogP contribution < -0.4 is 5.32 Å². The number of amides is 1. The highest BCUT2D eigenvalue weighted by Gasteiger charge is 2.39. The first-order chi connectivity index (χ1) is 5.94. The van der Waals surface area contributed by atoms with Crippen LogP contribution in [0.4, 0.5) is 0 Å². The third-order valence-corrected chi connectivity index (χ3v) is 3.28. The second-order valence-electron chi connectivity index (χ2n) is 5.05. The number of hydrogen-bond acceptors (Lipinski definition) is 1. The molecule has 1 aliphatic rings. The van der Waals surface area contributed by atoms with Gasteiger partial charge in [0.15, 0.2) is 0 Å². The molecule has 0 aliphatic carbocycles. The number of rotatable bonds is 3. The topological polar surface area (TPSA) is 29.1 Å². The summed E-state index contributed by atoms with van der Waals surface area (Å²) in [6, 6.07) is 0.346. The molecule has 2 unspecified atom stereocenters. The van der Waals surface area contributed by atoms with Gasteiger partial charge in [-0.25, -0.2) is 0 Å². The fourth-order valence-electron chi connectivity index (χ4n) is 1.91. The van der Waals surface area contributed by atoms with Crippen molar-refractivity contribution in [1.29, 1.82) is 0 Å². The lowest BCUT2D eigenvalue weighted by Gasteiger charge is -2.28. The number of carbonyl (C=O) groups is 1. The van der Waals surface area contributed by atoms with Gasteiger partial charge in [-0.15, -0.1) is 0 Å². The van der Waals surface area contributed by atoms with Crippen LogP contribution in [0.1, 0.15) is 47.0 Å². The lowest BCUT2D eigenvalue weighted by molar-refractivity contribution is -0.119. The van der Waals surface area contributed by atoms with Crippen molar-refractivity contribution in [2.75, 3.05) is 0 Å². The minimum absolute atomic E-state index is 0.196. The van der Waals surface area contributed by atoms with E-state index < -0.39 is 0 Å². The third kappa shape index (κ3) is 2.45. The summed E-state index contributed by atoms with van der Waals surface area (Å²) < 4.78 is 0. The SMILES string of the molecule is CC(C)CCC1(C)CC(=O)NC1C. The summed E-state index contributed by atoms with van der Waals surface area (Å²) in [5, 5.41) is 2.99. The summed E-state index contributed by atoms with van der Waals surface area (Å²) in [5.41, 5.74) is 0.196. The molecule has 0 spiro atoms. The van der Waals surface area contributed by atoms with Crippen LogP contribution in [0, 0.1) is 11.3 Å². The van der Waals surface area contributed by atoms with E-state index in [1.807, 2.05) is 0 Å². The number of nitrogens with one attached hydrogen (secondary N) is 1. The molecular formula is C11H21NO. The second kappa shape index (κ2) is 3.69. The van der Waals surface area contributed by atoms with E-state index in [0.29, 0.717) is 12.5 Å². The Hall–Kier alpha value is -0.530. The second-order valence-corrected chi connectivity index (χ2v) is 5.05. The van der Waals surface area contributed by atoms with E-state index >= 15 is 0 Å². The highest BCUT2D eigenvalue weighted by atomic mass is 16.2. The molecule has 2 nitrogen and oxygen atoms in total. The summed E-state index contributed by atoms with van der Waals surface area (Å²) in [6.07, 6.45) is 3.08. The lowest BCUT2D eigenvalue weighted by atomic mass is 9.78. The molecule has 0 aromatic rings. The average Bonchev–Trinajstić information content (AvgIpc) is 2.23. The molecular weight excluding hydrogens is 162 g/mol. The quantitative estimate of drug-likeness (QED) is 0.715. The summed E-state index contributed by atoms with van der Waals surface area (Å²) in [7, 11) is 0. The Balaban J connectivity index is 2.50. The monoisotopic (exact) mass is 183 g/mol. The van der Waals surface area contributed by atoms with E-state index in [0.717, 1.165) is 12.3 Å². The van der Waals surface area contributed by atoms with Crippen molar-refractivity contribution in [3.63, 3.8) is 0 Å². The molecule has 0 bridgehead atoms. The Labute approximate surface area is 81.1 Å². The molecule has 0 saturated carbocycles. The summed E-state index contributed by atoms with van der Waals surface area (Å²) in [5.74, 6) is 0.957. The number of carbonyl (C=O) groups excluding carboxylic acids is 1. The molecule has 1 N–H and O–H groups in total. The highest BCUT2D eigenvalue weighted by molar-refractivity contribution is 5.79. The summed E-state index contributed by atoms with van der Waals surface area (Å²) in [6.45, 7) is 8.81. The zero-order chi connectivity index (χ0) is 10.1. The number of hydrogen-bond donors (Lipinski definition) is 1. The van der Waals surface area contributed by atoms with Crippen molar-refractivity contribution in [2.45, 2.75) is 53.0 Å². The minimum Gasteiger partial charge on any atom is -0.353 e. The van der Waals surface area contributed by atoms with E-state index in [9.17, 15) is 4.79 Å². The van der Waals surface area contributed by atoms with E-state index in [1.54, 1.807) is 0 Å². The van der Waals surface area contributed by atoms with Crippen molar-refractivity contribution in [1.82, 2.24) is 5.32 Å². The van der Waals surface area contributed by atoms with Crippen LogP contribution in [0.2, 0.25) is 0 Å². The van der Waals surface area contributed by atoms with Gasteiger partial charge in [-0.2, -0.15) is 0 Å². The van der Waals surface area contributed by atoms with Crippen LogP contribution in [0.3, 0.4) is 0 Å². The maximum absolute atomic E-state index is 11.2. The van der Waals surface area contributed by atoms with Crippen LogP contribution in [-0.2, 0) is 4.79 Å². The third-order valence-electron chi connectivity index (χ3n) is 3.28. The van der Waals surface area contributed by atoms with E-state index in [1.165, 1.54) is 6.42 Å². The van der Waals surface area contributed by atoms with Gasteiger partial charge in [0.05, 0.1) is 0 Å². The van der Waals surface area contributed by atoms with E-state index in [-0.39, 0.29) is 11.3 Å². The van der Waals surface area contributed by atoms with Gasteiger partial charge in [0.2, 0.25) is 5.91 Å². The maximum Gasteiger partial charge on any atom is 0.220 e. The largest absolute Gasteiger partial charge is 0.353 e. The zero-order valence-corrected chi connectivity index (χ0v) is 9.18. The summed E-state index contributed by atoms with van der Waals surface area (Å²) in [4.78, 5) is 11.2. The Bertz CT molecular complexity index is 200.